The number of carboxylic acid groups (broad SMARTS) is 1. The summed E-state index contributed by atoms with van der Waals surface area (Å²) in [5.74, 6) is -0.750. The van der Waals surface area contributed by atoms with Crippen LogP contribution in [0, 0.1) is 0 Å². The predicted molar refractivity (Wildman–Crippen MR) is 180 cm³/mol. The zero-order chi connectivity index (χ0) is 32.4. The number of nitrogens with one attached hydrogen (secondary N) is 2. The van der Waals surface area contributed by atoms with Gasteiger partial charge in [0.2, 0.25) is 11.8 Å². The Morgan fingerprint density at radius 1 is 0.630 bits per heavy atom. The van der Waals surface area contributed by atoms with Crippen LogP contribution in [0.1, 0.15) is 34.8 Å². The maximum Gasteiger partial charge on any atom is 0.325 e. The largest absolute Gasteiger partial charge is 0.480 e. The fourth-order valence-electron chi connectivity index (χ4n) is 4.91. The molecule has 11 nitrogen and oxygen atoms in total. The van der Waals surface area contributed by atoms with E-state index in [0.717, 1.165) is 16.7 Å². The van der Waals surface area contributed by atoms with Crippen molar-refractivity contribution in [2.24, 2.45) is 5.73 Å². The number of ether oxygens (including phenoxy) is 2. The van der Waals surface area contributed by atoms with Gasteiger partial charge in [-0.25, -0.2) is 0 Å². The summed E-state index contributed by atoms with van der Waals surface area (Å²) in [6, 6.07) is 26.9. The molecule has 12 heteroatoms. The van der Waals surface area contributed by atoms with Crippen molar-refractivity contribution < 1.29 is 29.0 Å². The second-order valence-electron chi connectivity index (χ2n) is 10.4. The summed E-state index contributed by atoms with van der Waals surface area (Å²) in [4.78, 5) is 38.7. The zero-order valence-electron chi connectivity index (χ0n) is 26.4. The van der Waals surface area contributed by atoms with Crippen molar-refractivity contribution in [2.75, 3.05) is 66.7 Å². The average molecular weight is 656 g/mol. The highest BCUT2D eigenvalue weighted by Crippen LogP contribution is 2.16. The molecule has 0 aromatic heterocycles. The summed E-state index contributed by atoms with van der Waals surface area (Å²) < 4.78 is 10.5. The van der Waals surface area contributed by atoms with E-state index in [1.165, 1.54) is 0 Å². The third-order valence-corrected chi connectivity index (χ3v) is 7.41. The standard InChI is InChI=1S/C13H18N2O2.C12H16N2O2.C9H11NO2.ClH/c1-14-12(11-5-3-2-4-6-11)13(16)15-7-9-17-10-8-15;13-11(10-4-2-1-3-5-10)12(15)14-6-8-16-9-7-14;1-10-8(9(11)12)7-5-3-2-4-6-7;/h2-6,12,14H,7-10H2,1H3;1-5,11H,6-9,13H2;2-6,8,10H,1H3,(H,11,12);1H/t12-;11-;8-;/m000./s1. The Morgan fingerprint density at radius 2 is 0.978 bits per heavy atom. The van der Waals surface area contributed by atoms with Gasteiger partial charge in [0.1, 0.15) is 18.1 Å². The van der Waals surface area contributed by atoms with E-state index < -0.39 is 18.1 Å². The van der Waals surface area contributed by atoms with Gasteiger partial charge in [-0.3, -0.25) is 14.4 Å². The third-order valence-electron chi connectivity index (χ3n) is 7.41. The summed E-state index contributed by atoms with van der Waals surface area (Å²) in [5, 5.41) is 14.6. The molecular formula is C34H46ClN5O6. The molecule has 2 heterocycles. The number of carbonyl (C=O) groups excluding carboxylic acids is 2. The Kier molecular flexibility index (Phi) is 17.5. The van der Waals surface area contributed by atoms with E-state index in [-0.39, 0.29) is 30.3 Å². The Balaban J connectivity index is 0.000000241. The SMILES string of the molecule is CN[C@H](C(=O)N1CCOCC1)c1ccccc1.CN[C@H](C(=O)O)c1ccccc1.Cl.N[C@H](C(=O)N1CCOCC1)c1ccccc1. The van der Waals surface area contributed by atoms with Crippen LogP contribution in [0.25, 0.3) is 0 Å². The summed E-state index contributed by atoms with van der Waals surface area (Å²) >= 11 is 0. The van der Waals surface area contributed by atoms with E-state index in [1.807, 2.05) is 90.8 Å². The van der Waals surface area contributed by atoms with Crippen molar-refractivity contribution in [3.05, 3.63) is 108 Å². The summed E-state index contributed by atoms with van der Waals surface area (Å²) in [6.07, 6.45) is 0. The first-order valence-electron chi connectivity index (χ1n) is 15.1. The van der Waals surface area contributed by atoms with Gasteiger partial charge in [0, 0.05) is 26.2 Å². The first-order valence-corrected chi connectivity index (χ1v) is 15.1. The van der Waals surface area contributed by atoms with Crippen molar-refractivity contribution in [1.82, 2.24) is 20.4 Å². The number of nitrogens with two attached hydrogens (primary N) is 1. The maximum absolute atomic E-state index is 12.3. The summed E-state index contributed by atoms with van der Waals surface area (Å²) in [7, 11) is 3.45. The second-order valence-corrected chi connectivity index (χ2v) is 10.4. The van der Waals surface area contributed by atoms with Crippen molar-refractivity contribution in [1.29, 1.82) is 0 Å². The van der Waals surface area contributed by atoms with Crippen LogP contribution in [0.4, 0.5) is 0 Å². The van der Waals surface area contributed by atoms with E-state index in [1.54, 1.807) is 24.1 Å². The monoisotopic (exact) mass is 655 g/mol. The molecule has 0 spiro atoms. The normalized spacial score (nSPS) is 16.2. The number of carbonyl (C=O) groups is 3. The molecule has 2 saturated heterocycles. The number of nitrogens with zero attached hydrogens (tertiary/aromatic N) is 2. The van der Waals surface area contributed by atoms with E-state index in [2.05, 4.69) is 10.6 Å². The van der Waals surface area contributed by atoms with Crippen LogP contribution in [-0.4, -0.2) is 99.4 Å². The van der Waals surface area contributed by atoms with Crippen LogP contribution < -0.4 is 16.4 Å². The van der Waals surface area contributed by atoms with E-state index >= 15 is 0 Å². The molecule has 3 aromatic carbocycles. The highest BCUT2D eigenvalue weighted by Gasteiger charge is 2.26. The van der Waals surface area contributed by atoms with Gasteiger partial charge in [0.15, 0.2) is 0 Å². The van der Waals surface area contributed by atoms with Crippen molar-refractivity contribution in [3.63, 3.8) is 0 Å². The number of morpholine rings is 2. The van der Waals surface area contributed by atoms with Gasteiger partial charge in [-0.05, 0) is 30.8 Å². The van der Waals surface area contributed by atoms with Gasteiger partial charge in [-0.15, -0.1) is 12.4 Å². The molecule has 0 unspecified atom stereocenters. The van der Waals surface area contributed by atoms with E-state index in [4.69, 9.17) is 20.3 Å². The zero-order valence-corrected chi connectivity index (χ0v) is 27.2. The van der Waals surface area contributed by atoms with Crippen LogP contribution >= 0.6 is 12.4 Å². The van der Waals surface area contributed by atoms with Gasteiger partial charge in [-0.1, -0.05) is 91.0 Å². The molecule has 0 aliphatic carbocycles. The number of amides is 2. The molecule has 2 fully saturated rings. The van der Waals surface area contributed by atoms with E-state index in [0.29, 0.717) is 52.6 Å². The fraction of sp³-hybridized carbons (Fsp3) is 0.382. The van der Waals surface area contributed by atoms with Crippen molar-refractivity contribution in [2.45, 2.75) is 18.1 Å². The molecule has 46 heavy (non-hydrogen) atoms. The highest BCUT2D eigenvalue weighted by molar-refractivity contribution is 5.85. The van der Waals surface area contributed by atoms with Crippen LogP contribution in [0.2, 0.25) is 0 Å². The number of hydrogen-bond acceptors (Lipinski definition) is 8. The number of halogens is 1. The highest BCUT2D eigenvalue weighted by atomic mass is 35.5. The summed E-state index contributed by atoms with van der Waals surface area (Å²) in [5.41, 5.74) is 8.57. The maximum atomic E-state index is 12.3. The van der Waals surface area contributed by atoms with Crippen molar-refractivity contribution in [3.8, 4) is 0 Å². The Hall–Kier alpha value is -3.84. The lowest BCUT2D eigenvalue weighted by atomic mass is 10.1. The van der Waals surface area contributed by atoms with Crippen LogP contribution in [0.5, 0.6) is 0 Å². The molecule has 3 atom stereocenters. The molecule has 3 aromatic rings. The van der Waals surface area contributed by atoms with Crippen LogP contribution in [-0.2, 0) is 23.9 Å². The molecule has 5 rings (SSSR count). The minimum absolute atomic E-state index is 0. The first-order chi connectivity index (χ1) is 21.9. The van der Waals surface area contributed by atoms with Gasteiger partial charge in [-0.2, -0.15) is 0 Å². The lowest BCUT2D eigenvalue weighted by Gasteiger charge is -2.30. The van der Waals surface area contributed by atoms with E-state index in [9.17, 15) is 14.4 Å². The minimum Gasteiger partial charge on any atom is -0.480 e. The number of likely N-dealkylation sites (N-methyl/N-ethyl adjacent to an activating group) is 2. The molecule has 2 aliphatic heterocycles. The quantitative estimate of drug-likeness (QED) is 0.288. The number of rotatable bonds is 8. The molecule has 5 N–H and O–H groups in total. The molecule has 250 valence electrons. The molecule has 2 aliphatic rings. The fourth-order valence-corrected chi connectivity index (χ4v) is 4.91. The van der Waals surface area contributed by atoms with Crippen LogP contribution in [0.3, 0.4) is 0 Å². The lowest BCUT2D eigenvalue weighted by Crippen LogP contribution is -2.45. The molecule has 0 saturated carbocycles. The predicted octanol–water partition coefficient (Wildman–Crippen LogP) is 2.80. The molecule has 0 bridgehead atoms. The molecular weight excluding hydrogens is 610 g/mol. The van der Waals surface area contributed by atoms with Crippen molar-refractivity contribution >= 4 is 30.2 Å². The van der Waals surface area contributed by atoms with Gasteiger partial charge >= 0.3 is 5.97 Å². The lowest BCUT2D eigenvalue weighted by molar-refractivity contribution is -0.139. The smallest absolute Gasteiger partial charge is 0.325 e. The minimum atomic E-state index is -0.858. The van der Waals surface area contributed by atoms with Gasteiger partial charge in [0.25, 0.3) is 0 Å². The first kappa shape index (κ1) is 38.3. The average Bonchev–Trinajstić information content (AvgIpc) is 3.11. The number of carboxylic acids is 1. The number of hydrogen-bond donors (Lipinski definition) is 4. The van der Waals surface area contributed by atoms with Gasteiger partial charge in [0.05, 0.1) is 26.4 Å². The van der Waals surface area contributed by atoms with Gasteiger partial charge < -0.3 is 40.7 Å². The molecule has 2 amide bonds. The topological polar surface area (TPSA) is 146 Å². The summed E-state index contributed by atoms with van der Waals surface area (Å²) in [6.45, 7) is 5.13. The van der Waals surface area contributed by atoms with Crippen LogP contribution in [0.15, 0.2) is 91.0 Å². The number of aliphatic carboxylic acids is 1. The Bertz CT molecular complexity index is 1290. The molecule has 0 radical (unpaired) electrons. The number of benzene rings is 3. The second kappa shape index (κ2) is 21.0. The third kappa shape index (κ3) is 11.8. The Labute approximate surface area is 277 Å². The Morgan fingerprint density at radius 3 is 1.35 bits per heavy atom.